The topological polar surface area (TPSA) is 58.1 Å². The molecule has 4 nitrogen and oxygen atoms in total. The van der Waals surface area contributed by atoms with Gasteiger partial charge in [-0.05, 0) is 33.1 Å². The molecule has 1 unspecified atom stereocenters. The predicted octanol–water partition coefficient (Wildman–Crippen LogP) is 3.46. The highest BCUT2D eigenvalue weighted by Crippen LogP contribution is 2.29. The van der Waals surface area contributed by atoms with Crippen LogP contribution in [0.15, 0.2) is 43.9 Å². The van der Waals surface area contributed by atoms with E-state index in [1.165, 1.54) is 16.9 Å². The first-order valence-corrected chi connectivity index (χ1v) is 8.12. The van der Waals surface area contributed by atoms with E-state index in [9.17, 15) is 4.79 Å². The van der Waals surface area contributed by atoms with Gasteiger partial charge in [0.25, 0.3) is 5.56 Å². The van der Waals surface area contributed by atoms with E-state index in [2.05, 4.69) is 37.0 Å². The van der Waals surface area contributed by atoms with Crippen molar-refractivity contribution in [3.8, 4) is 0 Å². The van der Waals surface area contributed by atoms with Gasteiger partial charge in [-0.25, -0.2) is 4.98 Å². The Morgan fingerprint density at radius 2 is 2.19 bits per heavy atom. The van der Waals surface area contributed by atoms with Crippen molar-refractivity contribution in [3.63, 3.8) is 0 Å². The molecule has 0 aliphatic carbocycles. The van der Waals surface area contributed by atoms with Crippen LogP contribution in [-0.4, -0.2) is 16.2 Å². The number of fused-ring (bicyclic) bond motifs is 2. The molecule has 104 valence electrons. The van der Waals surface area contributed by atoms with Crippen LogP contribution in [0, 0.1) is 0 Å². The summed E-state index contributed by atoms with van der Waals surface area (Å²) in [6.45, 7) is 0. The molecule has 2 aromatic heterocycles. The minimum Gasteiger partial charge on any atom is -0.307 e. The summed E-state index contributed by atoms with van der Waals surface area (Å²) < 4.78 is 1.55. The van der Waals surface area contributed by atoms with Crippen molar-refractivity contribution in [2.75, 3.05) is 0 Å². The molecule has 3 aromatic rings. The van der Waals surface area contributed by atoms with E-state index in [0.717, 1.165) is 21.3 Å². The molecule has 6 heteroatoms. The maximum atomic E-state index is 12.1. The third-order valence-corrected chi connectivity index (χ3v) is 5.17. The number of benzene rings is 1. The summed E-state index contributed by atoms with van der Waals surface area (Å²) in [4.78, 5) is 24.1. The first-order chi connectivity index (χ1) is 10.2. The highest BCUT2D eigenvalue weighted by molar-refractivity contribution is 9.11. The first kappa shape index (κ1) is 12.9. The molecule has 1 aromatic carbocycles. The number of aliphatic imine (C=N–C) groups is 1. The largest absolute Gasteiger partial charge is 0.307 e. The predicted molar refractivity (Wildman–Crippen MR) is 88.4 cm³/mol. The fourth-order valence-electron chi connectivity index (χ4n) is 2.53. The van der Waals surface area contributed by atoms with Crippen LogP contribution in [0.4, 0.5) is 0 Å². The number of hydrogen-bond donors (Lipinski definition) is 1. The first-order valence-electron chi connectivity index (χ1n) is 6.51. The van der Waals surface area contributed by atoms with Crippen molar-refractivity contribution in [2.45, 2.75) is 12.5 Å². The summed E-state index contributed by atoms with van der Waals surface area (Å²) in [6.07, 6.45) is 2.61. The molecule has 1 aliphatic heterocycles. The molecule has 1 atom stereocenters. The Morgan fingerprint density at radius 3 is 3.10 bits per heavy atom. The minimum atomic E-state index is -0.129. The fraction of sp³-hybridized carbons (Fsp3) is 0.133. The normalized spacial score (nSPS) is 17.1. The second-order valence-electron chi connectivity index (χ2n) is 4.91. The van der Waals surface area contributed by atoms with Crippen LogP contribution < -0.4 is 5.56 Å². The minimum absolute atomic E-state index is 0.0974. The summed E-state index contributed by atoms with van der Waals surface area (Å²) in [7, 11) is 0. The summed E-state index contributed by atoms with van der Waals surface area (Å²) in [5.41, 5.74) is 2.99. The van der Waals surface area contributed by atoms with Crippen LogP contribution in [0.5, 0.6) is 0 Å². The van der Waals surface area contributed by atoms with Gasteiger partial charge >= 0.3 is 0 Å². The Balaban J connectivity index is 1.80. The van der Waals surface area contributed by atoms with Crippen LogP contribution in [0.2, 0.25) is 0 Å². The van der Waals surface area contributed by atoms with Gasteiger partial charge in [0.2, 0.25) is 0 Å². The molecule has 0 spiro atoms. The lowest BCUT2D eigenvalue weighted by atomic mass is 9.98. The average Bonchev–Trinajstić information content (AvgIpc) is 2.88. The molecule has 0 saturated carbocycles. The van der Waals surface area contributed by atoms with Gasteiger partial charge in [-0.15, -0.1) is 11.3 Å². The quantitative estimate of drug-likeness (QED) is 0.723. The third-order valence-electron chi connectivity index (χ3n) is 3.55. The number of nitrogens with zero attached hydrogens (tertiary/aromatic N) is 2. The summed E-state index contributed by atoms with van der Waals surface area (Å²) >= 11 is 4.79. The van der Waals surface area contributed by atoms with Gasteiger partial charge in [0.1, 0.15) is 16.6 Å². The monoisotopic (exact) mass is 359 g/mol. The molecule has 1 aliphatic rings. The molecule has 0 saturated heterocycles. The molecule has 0 radical (unpaired) electrons. The van der Waals surface area contributed by atoms with Gasteiger partial charge in [0.15, 0.2) is 0 Å². The number of nitrogens with one attached hydrogen (secondary N) is 1. The van der Waals surface area contributed by atoms with Crippen LogP contribution in [0.3, 0.4) is 0 Å². The summed E-state index contributed by atoms with van der Waals surface area (Å²) in [5.74, 6) is 0.628. The lowest BCUT2D eigenvalue weighted by Gasteiger charge is -2.17. The van der Waals surface area contributed by atoms with E-state index >= 15 is 0 Å². The molecule has 0 bridgehead atoms. The Labute approximate surface area is 132 Å². The zero-order valence-corrected chi connectivity index (χ0v) is 13.2. The summed E-state index contributed by atoms with van der Waals surface area (Å²) in [6, 6.07) is 9.90. The van der Waals surface area contributed by atoms with Crippen molar-refractivity contribution < 1.29 is 0 Å². The standard InChI is InChI=1S/C15H10BrN3OS/c16-12-6-10-13(21-12)15(20)19-14(18-10)11-5-8-3-1-2-4-9(8)7-17-11/h1-4,6-7,11H,5H2,(H,18,19,20). The number of aromatic amines is 1. The highest BCUT2D eigenvalue weighted by atomic mass is 79.9. The second-order valence-corrected chi connectivity index (χ2v) is 7.34. The molecule has 4 rings (SSSR count). The smallest absolute Gasteiger partial charge is 0.268 e. The number of H-pyrrole nitrogens is 1. The van der Waals surface area contributed by atoms with E-state index in [1.807, 2.05) is 30.5 Å². The molecule has 3 heterocycles. The second kappa shape index (κ2) is 4.89. The lowest BCUT2D eigenvalue weighted by molar-refractivity contribution is 0.665. The van der Waals surface area contributed by atoms with Gasteiger partial charge in [-0.2, -0.15) is 0 Å². The van der Waals surface area contributed by atoms with Crippen LogP contribution in [0.1, 0.15) is 23.0 Å². The number of hydrogen-bond acceptors (Lipinski definition) is 4. The molecule has 21 heavy (non-hydrogen) atoms. The Bertz CT molecular complexity index is 928. The maximum Gasteiger partial charge on any atom is 0.268 e. The number of aromatic nitrogens is 2. The van der Waals surface area contributed by atoms with Gasteiger partial charge in [-0.3, -0.25) is 9.79 Å². The van der Waals surface area contributed by atoms with Gasteiger partial charge in [-0.1, -0.05) is 24.3 Å². The van der Waals surface area contributed by atoms with Gasteiger partial charge < -0.3 is 4.98 Å². The molecule has 0 fully saturated rings. The Kier molecular flexibility index (Phi) is 3.01. The zero-order valence-electron chi connectivity index (χ0n) is 10.8. The molecular weight excluding hydrogens is 350 g/mol. The van der Waals surface area contributed by atoms with E-state index in [0.29, 0.717) is 10.5 Å². The van der Waals surface area contributed by atoms with Gasteiger partial charge in [0.05, 0.1) is 9.30 Å². The Morgan fingerprint density at radius 1 is 1.33 bits per heavy atom. The molecular formula is C15H10BrN3OS. The van der Waals surface area contributed by atoms with Crippen LogP contribution in [0.25, 0.3) is 10.2 Å². The SMILES string of the molecule is O=c1[nH]c(C2Cc3ccccc3C=N2)nc2cc(Br)sc12. The Hall–Kier alpha value is -1.79. The van der Waals surface area contributed by atoms with E-state index in [-0.39, 0.29) is 11.6 Å². The highest BCUT2D eigenvalue weighted by Gasteiger charge is 2.20. The molecule has 1 N–H and O–H groups in total. The van der Waals surface area contributed by atoms with Crippen molar-refractivity contribution in [3.05, 3.63) is 61.4 Å². The number of thiophene rings is 1. The van der Waals surface area contributed by atoms with Crippen molar-refractivity contribution >= 4 is 43.7 Å². The van der Waals surface area contributed by atoms with E-state index in [1.54, 1.807) is 0 Å². The summed E-state index contributed by atoms with van der Waals surface area (Å²) in [5, 5.41) is 0. The van der Waals surface area contributed by atoms with Crippen LogP contribution in [-0.2, 0) is 6.42 Å². The van der Waals surface area contributed by atoms with Gasteiger partial charge in [0, 0.05) is 12.6 Å². The van der Waals surface area contributed by atoms with Crippen molar-refractivity contribution in [2.24, 2.45) is 4.99 Å². The fourth-order valence-corrected chi connectivity index (χ4v) is 3.95. The number of halogens is 1. The molecule has 0 amide bonds. The van der Waals surface area contributed by atoms with E-state index in [4.69, 9.17) is 0 Å². The number of rotatable bonds is 1. The van der Waals surface area contributed by atoms with Crippen LogP contribution >= 0.6 is 27.3 Å². The maximum absolute atomic E-state index is 12.1. The lowest BCUT2D eigenvalue weighted by Crippen LogP contribution is -2.16. The zero-order chi connectivity index (χ0) is 14.4. The van der Waals surface area contributed by atoms with Crippen molar-refractivity contribution in [1.82, 2.24) is 9.97 Å². The average molecular weight is 360 g/mol. The van der Waals surface area contributed by atoms with Crippen molar-refractivity contribution in [1.29, 1.82) is 0 Å². The third kappa shape index (κ3) is 2.24. The van der Waals surface area contributed by atoms with E-state index < -0.39 is 0 Å².